The molecular weight excluding hydrogens is 431 g/mol. The van der Waals surface area contributed by atoms with Gasteiger partial charge in [0.25, 0.3) is 10.0 Å². The van der Waals surface area contributed by atoms with Crippen LogP contribution in [0.5, 0.6) is 0 Å². The Labute approximate surface area is 158 Å². The van der Waals surface area contributed by atoms with Crippen molar-refractivity contribution in [2.24, 2.45) is 0 Å². The van der Waals surface area contributed by atoms with E-state index in [9.17, 15) is 17.6 Å². The van der Waals surface area contributed by atoms with Gasteiger partial charge in [0.1, 0.15) is 16.1 Å². The summed E-state index contributed by atoms with van der Waals surface area (Å²) < 4.78 is 41.3. The van der Waals surface area contributed by atoms with Crippen LogP contribution < -0.4 is 5.32 Å². The van der Waals surface area contributed by atoms with Crippen molar-refractivity contribution in [3.63, 3.8) is 0 Å². The lowest BCUT2D eigenvalue weighted by molar-refractivity contribution is -0.119. The lowest BCUT2D eigenvalue weighted by Crippen LogP contribution is -2.42. The number of nitrogens with zero attached hydrogens (tertiary/aromatic N) is 1. The monoisotopic (exact) mass is 446 g/mol. The predicted molar refractivity (Wildman–Crippen MR) is 98.7 cm³/mol. The SMILES string of the molecule is Cc1ccc(NC(=O)[C@@H]2CCCN2S(=O)(=O)c2ccc(Br)s2)cc1F. The quantitative estimate of drug-likeness (QED) is 0.777. The summed E-state index contributed by atoms with van der Waals surface area (Å²) in [6.07, 6.45) is 1.04. The van der Waals surface area contributed by atoms with Crippen LogP contribution in [0.1, 0.15) is 18.4 Å². The number of nitrogens with one attached hydrogen (secondary N) is 1. The Bertz CT molecular complexity index is 914. The molecule has 9 heteroatoms. The maximum absolute atomic E-state index is 13.6. The van der Waals surface area contributed by atoms with Gasteiger partial charge in [-0.05, 0) is 65.5 Å². The predicted octanol–water partition coefficient (Wildman–Crippen LogP) is 3.75. The van der Waals surface area contributed by atoms with E-state index < -0.39 is 27.8 Å². The highest BCUT2D eigenvalue weighted by Gasteiger charge is 2.40. The minimum absolute atomic E-state index is 0.195. The van der Waals surface area contributed by atoms with Gasteiger partial charge in [0.15, 0.2) is 0 Å². The number of benzene rings is 1. The van der Waals surface area contributed by atoms with Crippen molar-refractivity contribution in [1.29, 1.82) is 0 Å². The zero-order valence-corrected chi connectivity index (χ0v) is 16.5. The van der Waals surface area contributed by atoms with Gasteiger partial charge in [-0.15, -0.1) is 11.3 Å². The molecule has 1 aliphatic rings. The minimum atomic E-state index is -3.73. The topological polar surface area (TPSA) is 66.5 Å². The zero-order chi connectivity index (χ0) is 18.2. The van der Waals surface area contributed by atoms with E-state index in [1.165, 1.54) is 16.4 Å². The van der Waals surface area contributed by atoms with E-state index in [2.05, 4.69) is 21.2 Å². The lowest BCUT2D eigenvalue weighted by atomic mass is 10.2. The average Bonchev–Trinajstić information content (AvgIpc) is 3.20. The summed E-state index contributed by atoms with van der Waals surface area (Å²) in [5.41, 5.74) is 0.794. The van der Waals surface area contributed by atoms with E-state index >= 15 is 0 Å². The molecule has 0 spiro atoms. The number of carbonyl (C=O) groups excluding carboxylic acids is 1. The number of aryl methyl sites for hydroxylation is 1. The molecule has 2 aromatic rings. The summed E-state index contributed by atoms with van der Waals surface area (Å²) in [7, 11) is -3.73. The first-order chi connectivity index (χ1) is 11.8. The van der Waals surface area contributed by atoms with Crippen LogP contribution in [0.3, 0.4) is 0 Å². The van der Waals surface area contributed by atoms with Gasteiger partial charge in [-0.1, -0.05) is 6.07 Å². The number of sulfonamides is 1. The van der Waals surface area contributed by atoms with Crippen LogP contribution in [0.4, 0.5) is 10.1 Å². The molecule has 25 heavy (non-hydrogen) atoms. The van der Waals surface area contributed by atoms with Crippen molar-refractivity contribution in [3.8, 4) is 0 Å². The zero-order valence-electron chi connectivity index (χ0n) is 13.3. The second-order valence-electron chi connectivity index (χ2n) is 5.79. The molecule has 3 rings (SSSR count). The highest BCUT2D eigenvalue weighted by molar-refractivity contribution is 9.11. The lowest BCUT2D eigenvalue weighted by Gasteiger charge is -2.22. The normalized spacial score (nSPS) is 18.4. The first kappa shape index (κ1) is 18.5. The fourth-order valence-electron chi connectivity index (χ4n) is 2.74. The average molecular weight is 447 g/mol. The Kier molecular flexibility index (Phi) is 5.29. The smallest absolute Gasteiger partial charge is 0.253 e. The van der Waals surface area contributed by atoms with Crippen molar-refractivity contribution in [2.75, 3.05) is 11.9 Å². The molecule has 1 aliphatic heterocycles. The maximum Gasteiger partial charge on any atom is 0.253 e. The molecule has 0 bridgehead atoms. The molecule has 1 aromatic carbocycles. The first-order valence-corrected chi connectivity index (χ1v) is 10.7. The first-order valence-electron chi connectivity index (χ1n) is 7.63. The van der Waals surface area contributed by atoms with Crippen molar-refractivity contribution < 1.29 is 17.6 Å². The van der Waals surface area contributed by atoms with E-state index in [-0.39, 0.29) is 10.8 Å². The number of anilines is 1. The van der Waals surface area contributed by atoms with Gasteiger partial charge in [-0.25, -0.2) is 12.8 Å². The van der Waals surface area contributed by atoms with Crippen molar-refractivity contribution in [2.45, 2.75) is 30.0 Å². The van der Waals surface area contributed by atoms with Crippen LogP contribution in [-0.4, -0.2) is 31.2 Å². The number of thiophene rings is 1. The van der Waals surface area contributed by atoms with Gasteiger partial charge in [0, 0.05) is 12.2 Å². The number of carbonyl (C=O) groups is 1. The Balaban J connectivity index is 1.81. The molecule has 0 aliphatic carbocycles. The summed E-state index contributed by atoms with van der Waals surface area (Å²) in [5.74, 6) is -0.864. The van der Waals surface area contributed by atoms with Gasteiger partial charge in [-0.2, -0.15) is 4.31 Å². The van der Waals surface area contributed by atoms with E-state index in [1.54, 1.807) is 25.1 Å². The molecule has 1 atom stereocenters. The Morgan fingerprint density at radius 1 is 1.36 bits per heavy atom. The second-order valence-corrected chi connectivity index (χ2v) is 10.4. The van der Waals surface area contributed by atoms with Gasteiger partial charge >= 0.3 is 0 Å². The molecule has 1 fully saturated rings. The molecular formula is C16H16BrFN2O3S2. The third kappa shape index (κ3) is 3.79. The van der Waals surface area contributed by atoms with Gasteiger partial charge < -0.3 is 5.32 Å². The van der Waals surface area contributed by atoms with Crippen LogP contribution in [0, 0.1) is 12.7 Å². The maximum atomic E-state index is 13.6. The van der Waals surface area contributed by atoms with Crippen LogP contribution >= 0.6 is 27.3 Å². The third-order valence-corrected chi connectivity index (χ3v) is 8.06. The van der Waals surface area contributed by atoms with Crippen LogP contribution in [-0.2, 0) is 14.8 Å². The van der Waals surface area contributed by atoms with Gasteiger partial charge in [-0.3, -0.25) is 4.79 Å². The number of halogens is 2. The van der Waals surface area contributed by atoms with Gasteiger partial charge in [0.2, 0.25) is 5.91 Å². The molecule has 1 amide bonds. The van der Waals surface area contributed by atoms with Crippen molar-refractivity contribution >= 4 is 48.9 Å². The fraction of sp³-hybridized carbons (Fsp3) is 0.312. The number of hydrogen-bond acceptors (Lipinski definition) is 4. The van der Waals surface area contributed by atoms with Crippen LogP contribution in [0.2, 0.25) is 0 Å². The highest BCUT2D eigenvalue weighted by Crippen LogP contribution is 2.32. The standard InChI is InChI=1S/C16H16BrFN2O3S2/c1-10-4-5-11(9-12(10)18)19-16(21)13-3-2-8-20(13)25(22,23)15-7-6-14(17)24-15/h4-7,9,13H,2-3,8H2,1H3,(H,19,21)/t13-/m0/s1. The molecule has 5 nitrogen and oxygen atoms in total. The Morgan fingerprint density at radius 2 is 2.12 bits per heavy atom. The molecule has 0 saturated carbocycles. The summed E-state index contributed by atoms with van der Waals surface area (Å²) in [6, 6.07) is 6.79. The summed E-state index contributed by atoms with van der Waals surface area (Å²) >= 11 is 4.36. The summed E-state index contributed by atoms with van der Waals surface area (Å²) in [6.45, 7) is 1.92. The van der Waals surface area contributed by atoms with Gasteiger partial charge in [0.05, 0.1) is 3.79 Å². The third-order valence-electron chi connectivity index (χ3n) is 4.06. The van der Waals surface area contributed by atoms with Crippen molar-refractivity contribution in [3.05, 3.63) is 45.5 Å². The summed E-state index contributed by atoms with van der Waals surface area (Å²) in [5, 5.41) is 2.62. The minimum Gasteiger partial charge on any atom is -0.325 e. The molecule has 1 saturated heterocycles. The Hall–Kier alpha value is -1.29. The van der Waals surface area contributed by atoms with E-state index in [0.717, 1.165) is 11.3 Å². The van der Waals surface area contributed by atoms with Crippen LogP contribution in [0.15, 0.2) is 38.3 Å². The van der Waals surface area contributed by atoms with E-state index in [4.69, 9.17) is 0 Å². The van der Waals surface area contributed by atoms with E-state index in [1.807, 2.05) is 0 Å². The number of rotatable bonds is 4. The molecule has 0 unspecified atom stereocenters. The largest absolute Gasteiger partial charge is 0.325 e. The fourth-order valence-corrected chi connectivity index (χ4v) is 6.53. The second kappa shape index (κ2) is 7.14. The Morgan fingerprint density at radius 3 is 2.76 bits per heavy atom. The molecule has 1 aromatic heterocycles. The molecule has 1 N–H and O–H groups in total. The molecule has 0 radical (unpaired) electrons. The summed E-state index contributed by atoms with van der Waals surface area (Å²) in [4.78, 5) is 12.6. The highest BCUT2D eigenvalue weighted by atomic mass is 79.9. The number of amides is 1. The van der Waals surface area contributed by atoms with E-state index in [0.29, 0.717) is 27.9 Å². The molecule has 134 valence electrons. The number of hydrogen-bond donors (Lipinski definition) is 1. The van der Waals surface area contributed by atoms with Crippen LogP contribution in [0.25, 0.3) is 0 Å². The molecule has 2 heterocycles. The van der Waals surface area contributed by atoms with Crippen molar-refractivity contribution in [1.82, 2.24) is 4.31 Å².